The van der Waals surface area contributed by atoms with Crippen molar-refractivity contribution in [2.24, 2.45) is 7.05 Å². The van der Waals surface area contributed by atoms with Gasteiger partial charge in [0.25, 0.3) is 0 Å². The Balaban J connectivity index is 0.00000180. The average Bonchev–Trinajstić information content (AvgIpc) is 3.14. The van der Waals surface area contributed by atoms with Crippen LogP contribution in [0.15, 0.2) is 46.5 Å². The van der Waals surface area contributed by atoms with Crippen LogP contribution in [0.3, 0.4) is 0 Å². The van der Waals surface area contributed by atoms with E-state index >= 15 is 0 Å². The van der Waals surface area contributed by atoms with Crippen molar-refractivity contribution >= 4 is 44.7 Å². The van der Waals surface area contributed by atoms with Crippen LogP contribution in [-0.4, -0.2) is 24.0 Å². The van der Waals surface area contributed by atoms with Gasteiger partial charge in [0.1, 0.15) is 0 Å². The van der Waals surface area contributed by atoms with Gasteiger partial charge in [0, 0.05) is 53.4 Å². The maximum absolute atomic E-state index is 13.0. The summed E-state index contributed by atoms with van der Waals surface area (Å²) < 4.78 is 28.3. The molecule has 27 heavy (non-hydrogen) atoms. The first kappa shape index (κ1) is 18.7. The fourth-order valence-electron chi connectivity index (χ4n) is 4.40. The smallest absolute Gasteiger partial charge is 0.223 e. The highest BCUT2D eigenvalue weighted by Crippen LogP contribution is 2.42. The van der Waals surface area contributed by atoms with Crippen LogP contribution in [0.4, 0.5) is 0 Å². The van der Waals surface area contributed by atoms with E-state index in [1.807, 2.05) is 6.07 Å². The maximum Gasteiger partial charge on any atom is 0.223 e. The first-order chi connectivity index (χ1) is 12.4. The van der Waals surface area contributed by atoms with E-state index in [2.05, 4.69) is 21.9 Å². The van der Waals surface area contributed by atoms with E-state index < -0.39 is 9.84 Å². The number of fused-ring (bicyclic) bond motifs is 6. The van der Waals surface area contributed by atoms with Crippen LogP contribution in [0.5, 0.6) is 0 Å². The van der Waals surface area contributed by atoms with E-state index in [9.17, 15) is 8.42 Å². The lowest BCUT2D eigenvalue weighted by Crippen LogP contribution is -2.32. The number of nitrogens with one attached hydrogen (secondary N) is 1. The average molecular weight is 424 g/mol. The van der Waals surface area contributed by atoms with E-state index in [0.29, 0.717) is 17.1 Å². The van der Waals surface area contributed by atoms with Crippen molar-refractivity contribution < 1.29 is 8.42 Å². The number of benzene rings is 1. The van der Waals surface area contributed by atoms with E-state index in [4.69, 9.17) is 11.6 Å². The second-order valence-corrected chi connectivity index (χ2v) is 9.44. The summed E-state index contributed by atoms with van der Waals surface area (Å²) in [6.45, 7) is 0. The minimum atomic E-state index is -3.71. The maximum atomic E-state index is 13.0. The first-order valence-corrected chi connectivity index (χ1v) is 10.5. The van der Waals surface area contributed by atoms with Crippen molar-refractivity contribution in [3.63, 3.8) is 0 Å². The number of aromatic nitrogens is 2. The normalized spacial score (nSPS) is 21.1. The molecule has 1 saturated heterocycles. The summed E-state index contributed by atoms with van der Waals surface area (Å²) >= 11 is 5.96. The Bertz CT molecular complexity index is 1160. The molecule has 2 aliphatic heterocycles. The van der Waals surface area contributed by atoms with E-state index in [1.54, 1.807) is 18.2 Å². The Morgan fingerprint density at radius 2 is 2.04 bits per heavy atom. The molecular weight excluding hydrogens is 405 g/mol. The molecule has 0 radical (unpaired) electrons. The third kappa shape index (κ3) is 2.78. The predicted octanol–water partition coefficient (Wildman–Crippen LogP) is 3.83. The van der Waals surface area contributed by atoms with Crippen molar-refractivity contribution in [1.29, 1.82) is 0 Å². The second kappa shape index (κ2) is 6.48. The number of rotatable bonds is 2. The highest BCUT2D eigenvalue weighted by Gasteiger charge is 2.36. The molecular formula is C19H19Cl2N3O2S. The van der Waals surface area contributed by atoms with Crippen LogP contribution in [0.1, 0.15) is 30.1 Å². The molecule has 8 heteroatoms. The summed E-state index contributed by atoms with van der Waals surface area (Å²) in [5, 5.41) is 5.01. The summed E-state index contributed by atoms with van der Waals surface area (Å²) in [5.41, 5.74) is 3.65. The molecule has 0 aliphatic carbocycles. The summed E-state index contributed by atoms with van der Waals surface area (Å²) in [6, 6.07) is 9.18. The Hall–Kier alpha value is -1.60. The number of hydrogen-bond donors (Lipinski definition) is 1. The van der Waals surface area contributed by atoms with Crippen LogP contribution in [0.2, 0.25) is 5.02 Å². The minimum absolute atomic E-state index is 0. The largest absolute Gasteiger partial charge is 0.347 e. The molecule has 2 atom stereocenters. The van der Waals surface area contributed by atoms with Crippen molar-refractivity contribution in [2.75, 3.05) is 0 Å². The van der Waals surface area contributed by atoms with Gasteiger partial charge in [0.05, 0.1) is 4.90 Å². The molecule has 3 aromatic rings. The molecule has 2 aliphatic rings. The third-order valence-electron chi connectivity index (χ3n) is 5.65. The SMILES string of the molecule is Cl.Cn1c2c(c3cc(S(=O)(=O)c4cc(Cl)ccn4)ccc31)C1CCC(C2)N1. The molecule has 2 unspecified atom stereocenters. The molecule has 2 bridgehead atoms. The lowest BCUT2D eigenvalue weighted by Gasteiger charge is -2.23. The second-order valence-electron chi connectivity index (χ2n) is 7.11. The molecule has 5 rings (SSSR count). The van der Waals surface area contributed by atoms with Gasteiger partial charge in [-0.1, -0.05) is 11.6 Å². The number of sulfone groups is 1. The zero-order valence-electron chi connectivity index (χ0n) is 14.6. The Morgan fingerprint density at radius 1 is 1.22 bits per heavy atom. The van der Waals surface area contributed by atoms with Gasteiger partial charge in [-0.25, -0.2) is 13.4 Å². The fraction of sp³-hybridized carbons (Fsp3) is 0.316. The zero-order chi connectivity index (χ0) is 18.1. The quantitative estimate of drug-likeness (QED) is 0.679. The molecule has 4 heterocycles. The van der Waals surface area contributed by atoms with Gasteiger partial charge in [-0.2, -0.15) is 0 Å². The van der Waals surface area contributed by atoms with Gasteiger partial charge in [0.2, 0.25) is 9.84 Å². The Labute approximate surface area is 169 Å². The number of nitrogens with zero attached hydrogens (tertiary/aromatic N) is 2. The van der Waals surface area contributed by atoms with Crippen LogP contribution in [-0.2, 0) is 23.3 Å². The van der Waals surface area contributed by atoms with Gasteiger partial charge in [0.15, 0.2) is 5.03 Å². The van der Waals surface area contributed by atoms with Crippen molar-refractivity contribution in [3.05, 3.63) is 52.8 Å². The first-order valence-electron chi connectivity index (χ1n) is 8.69. The van der Waals surface area contributed by atoms with Crippen LogP contribution in [0.25, 0.3) is 10.9 Å². The van der Waals surface area contributed by atoms with E-state index in [-0.39, 0.29) is 22.3 Å². The van der Waals surface area contributed by atoms with E-state index in [0.717, 1.165) is 23.7 Å². The molecule has 1 fully saturated rings. The summed E-state index contributed by atoms with van der Waals surface area (Å²) in [7, 11) is -1.64. The lowest BCUT2D eigenvalue weighted by atomic mass is 9.99. The standard InChI is InChI=1S/C19H18ClN3O2S.ClH/c1-23-16-5-3-13(26(24,25)18-8-11(20)6-7-21-18)10-14(16)19-15-4-2-12(22-15)9-17(19)23;/h3,5-8,10,12,15,22H,2,4,9H2,1H3;1H. The predicted molar refractivity (Wildman–Crippen MR) is 107 cm³/mol. The number of hydrogen-bond acceptors (Lipinski definition) is 4. The molecule has 2 aromatic heterocycles. The number of halogens is 2. The van der Waals surface area contributed by atoms with Gasteiger partial charge >= 0.3 is 0 Å². The Kier molecular flexibility index (Phi) is 4.50. The lowest BCUT2D eigenvalue weighted by molar-refractivity contribution is 0.503. The van der Waals surface area contributed by atoms with Crippen LogP contribution in [0, 0.1) is 0 Å². The molecule has 1 aromatic carbocycles. The van der Waals surface area contributed by atoms with Crippen molar-refractivity contribution in [1.82, 2.24) is 14.9 Å². The van der Waals surface area contributed by atoms with Gasteiger partial charge in [-0.05, 0) is 48.7 Å². The molecule has 1 N–H and O–H groups in total. The van der Waals surface area contributed by atoms with E-state index in [1.165, 1.54) is 29.9 Å². The number of aryl methyl sites for hydroxylation is 1. The summed E-state index contributed by atoms with van der Waals surface area (Å²) in [4.78, 5) is 4.27. The molecule has 0 saturated carbocycles. The monoisotopic (exact) mass is 423 g/mol. The topological polar surface area (TPSA) is 64.0 Å². The fourth-order valence-corrected chi connectivity index (χ4v) is 5.87. The highest BCUT2D eigenvalue weighted by atomic mass is 35.5. The minimum Gasteiger partial charge on any atom is -0.347 e. The van der Waals surface area contributed by atoms with Crippen LogP contribution < -0.4 is 5.32 Å². The number of pyridine rings is 1. The highest BCUT2D eigenvalue weighted by molar-refractivity contribution is 7.91. The summed E-state index contributed by atoms with van der Waals surface area (Å²) in [5.74, 6) is 0. The van der Waals surface area contributed by atoms with Gasteiger partial charge < -0.3 is 9.88 Å². The molecule has 5 nitrogen and oxygen atoms in total. The third-order valence-corrected chi connectivity index (χ3v) is 7.53. The zero-order valence-corrected chi connectivity index (χ0v) is 17.0. The molecule has 142 valence electrons. The molecule has 0 spiro atoms. The van der Waals surface area contributed by atoms with Crippen LogP contribution >= 0.6 is 24.0 Å². The van der Waals surface area contributed by atoms with Gasteiger partial charge in [-0.3, -0.25) is 0 Å². The summed E-state index contributed by atoms with van der Waals surface area (Å²) in [6.07, 6.45) is 4.69. The van der Waals surface area contributed by atoms with Crippen molar-refractivity contribution in [2.45, 2.75) is 41.3 Å². The van der Waals surface area contributed by atoms with Crippen molar-refractivity contribution in [3.8, 4) is 0 Å². The molecule has 0 amide bonds. The van der Waals surface area contributed by atoms with Gasteiger partial charge in [-0.15, -0.1) is 12.4 Å². The Morgan fingerprint density at radius 3 is 2.81 bits per heavy atom.